The highest BCUT2D eigenvalue weighted by molar-refractivity contribution is 5.87. The summed E-state index contributed by atoms with van der Waals surface area (Å²) in [6, 6.07) is 33.0. The molecule has 0 saturated heterocycles. The monoisotopic (exact) mass is 583 g/mol. The number of ether oxygens (including phenoxy) is 1. The number of unbranched alkanes of at least 4 members (excludes halogenated alkanes) is 1. The predicted molar refractivity (Wildman–Crippen MR) is 164 cm³/mol. The minimum atomic E-state index is -1.31. The molecule has 0 aliphatic rings. The van der Waals surface area contributed by atoms with Gasteiger partial charge >= 0.3 is 11.9 Å². The quantitative estimate of drug-likeness (QED) is 0.127. The van der Waals surface area contributed by atoms with Gasteiger partial charge in [0, 0.05) is 19.5 Å². The Hall–Kier alpha value is -4.33. The summed E-state index contributed by atoms with van der Waals surface area (Å²) in [5.74, 6) is -2.93. The van der Waals surface area contributed by atoms with Crippen LogP contribution in [0.4, 0.5) is 4.39 Å². The number of halogens is 1. The standard InChI is InChI=1S/C36H38FNO5/c37-33-23-30(20-21-32(33)36(41)42)24-38(22-8-7-13-35(39)40)25-34(31-11-5-2-6-12-31)43-26-29-18-16-28(17-19-29)15-14-27-9-3-1-4-10-27/h1-6,9-12,16-21,23,34H,7-8,13-15,22,24-26H2,(H,39,40)(H,41,42). The van der Waals surface area contributed by atoms with Crippen LogP contribution >= 0.6 is 0 Å². The van der Waals surface area contributed by atoms with Crippen molar-refractivity contribution in [3.05, 3.63) is 142 Å². The second-order valence-electron chi connectivity index (χ2n) is 10.7. The SMILES string of the molecule is O=C(O)CCCCN(Cc1ccc(C(=O)O)c(F)c1)CC(OCc1ccc(CCc2ccccc2)cc1)c1ccccc1. The zero-order chi connectivity index (χ0) is 30.4. The van der Waals surface area contributed by atoms with Crippen LogP contribution in [-0.4, -0.2) is 40.1 Å². The summed E-state index contributed by atoms with van der Waals surface area (Å²) in [4.78, 5) is 24.4. The van der Waals surface area contributed by atoms with E-state index in [1.165, 1.54) is 23.3 Å². The molecular formula is C36H38FNO5. The molecule has 43 heavy (non-hydrogen) atoms. The molecule has 2 N–H and O–H groups in total. The first-order valence-corrected chi connectivity index (χ1v) is 14.6. The van der Waals surface area contributed by atoms with Gasteiger partial charge in [0.1, 0.15) is 5.82 Å². The van der Waals surface area contributed by atoms with E-state index in [-0.39, 0.29) is 18.1 Å². The van der Waals surface area contributed by atoms with Crippen molar-refractivity contribution >= 4 is 11.9 Å². The number of aromatic carboxylic acids is 1. The topological polar surface area (TPSA) is 87.1 Å². The molecule has 0 aromatic heterocycles. The van der Waals surface area contributed by atoms with Gasteiger partial charge in [-0.05, 0) is 72.2 Å². The van der Waals surface area contributed by atoms with E-state index in [1.807, 2.05) is 36.4 Å². The first-order chi connectivity index (χ1) is 20.9. The Labute approximate surface area is 252 Å². The number of rotatable bonds is 17. The number of carboxylic acids is 2. The molecule has 4 aromatic rings. The number of hydrogen-bond donors (Lipinski definition) is 2. The molecule has 1 unspecified atom stereocenters. The molecule has 4 aromatic carbocycles. The summed E-state index contributed by atoms with van der Waals surface area (Å²) < 4.78 is 20.9. The van der Waals surface area contributed by atoms with Crippen LogP contribution < -0.4 is 0 Å². The van der Waals surface area contributed by atoms with Crippen molar-refractivity contribution in [2.24, 2.45) is 0 Å². The summed E-state index contributed by atoms with van der Waals surface area (Å²) in [6.45, 7) is 1.85. The van der Waals surface area contributed by atoms with E-state index in [0.717, 1.165) is 24.0 Å². The highest BCUT2D eigenvalue weighted by Crippen LogP contribution is 2.23. The number of nitrogens with zero attached hydrogens (tertiary/aromatic N) is 1. The second-order valence-corrected chi connectivity index (χ2v) is 10.7. The van der Waals surface area contributed by atoms with Crippen LogP contribution in [0.15, 0.2) is 103 Å². The van der Waals surface area contributed by atoms with Crippen LogP contribution in [0.25, 0.3) is 0 Å². The summed E-state index contributed by atoms with van der Waals surface area (Å²) in [5.41, 5.74) is 4.91. The number of aliphatic carboxylic acids is 1. The van der Waals surface area contributed by atoms with Crippen molar-refractivity contribution in [2.45, 2.75) is 51.4 Å². The number of carboxylic acid groups (broad SMARTS) is 2. The fraction of sp³-hybridized carbons (Fsp3) is 0.278. The molecule has 1 atom stereocenters. The van der Waals surface area contributed by atoms with Crippen LogP contribution in [0.3, 0.4) is 0 Å². The Morgan fingerprint density at radius 1 is 0.744 bits per heavy atom. The van der Waals surface area contributed by atoms with Crippen molar-refractivity contribution in [2.75, 3.05) is 13.1 Å². The van der Waals surface area contributed by atoms with Gasteiger partial charge in [0.15, 0.2) is 0 Å². The Morgan fingerprint density at radius 3 is 1.98 bits per heavy atom. The van der Waals surface area contributed by atoms with Gasteiger partial charge in [-0.3, -0.25) is 9.69 Å². The molecular weight excluding hydrogens is 545 g/mol. The normalized spacial score (nSPS) is 11.9. The van der Waals surface area contributed by atoms with Gasteiger partial charge in [0.25, 0.3) is 0 Å². The van der Waals surface area contributed by atoms with E-state index in [2.05, 4.69) is 53.4 Å². The van der Waals surface area contributed by atoms with E-state index in [0.29, 0.717) is 44.6 Å². The predicted octanol–water partition coefficient (Wildman–Crippen LogP) is 7.32. The van der Waals surface area contributed by atoms with E-state index >= 15 is 0 Å². The smallest absolute Gasteiger partial charge is 0.338 e. The molecule has 0 fully saturated rings. The largest absolute Gasteiger partial charge is 0.481 e. The molecule has 7 heteroatoms. The summed E-state index contributed by atoms with van der Waals surface area (Å²) in [5, 5.41) is 18.3. The lowest BCUT2D eigenvalue weighted by atomic mass is 10.0. The third kappa shape index (κ3) is 10.5. The molecule has 0 amide bonds. The minimum Gasteiger partial charge on any atom is -0.481 e. The second kappa shape index (κ2) is 16.3. The van der Waals surface area contributed by atoms with E-state index < -0.39 is 17.8 Å². The molecule has 0 saturated carbocycles. The van der Waals surface area contributed by atoms with E-state index in [4.69, 9.17) is 9.84 Å². The van der Waals surface area contributed by atoms with Gasteiger partial charge in [0.2, 0.25) is 0 Å². The van der Waals surface area contributed by atoms with Crippen molar-refractivity contribution in [3.63, 3.8) is 0 Å². The zero-order valence-electron chi connectivity index (χ0n) is 24.2. The summed E-state index contributed by atoms with van der Waals surface area (Å²) >= 11 is 0. The maximum absolute atomic E-state index is 14.5. The van der Waals surface area contributed by atoms with E-state index in [9.17, 15) is 19.1 Å². The van der Waals surface area contributed by atoms with Gasteiger partial charge < -0.3 is 14.9 Å². The Bertz CT molecular complexity index is 1440. The molecule has 4 rings (SSSR count). The fourth-order valence-electron chi connectivity index (χ4n) is 5.02. The number of aryl methyl sites for hydroxylation is 2. The molecule has 0 radical (unpaired) electrons. The minimum absolute atomic E-state index is 0.0791. The molecule has 6 nitrogen and oxygen atoms in total. The lowest BCUT2D eigenvalue weighted by Gasteiger charge is -2.28. The third-order valence-electron chi connectivity index (χ3n) is 7.40. The van der Waals surface area contributed by atoms with Gasteiger partial charge in [-0.25, -0.2) is 9.18 Å². The highest BCUT2D eigenvalue weighted by atomic mass is 19.1. The molecule has 0 aliphatic carbocycles. The summed E-state index contributed by atoms with van der Waals surface area (Å²) in [7, 11) is 0. The van der Waals surface area contributed by atoms with Crippen LogP contribution in [-0.2, 0) is 35.5 Å². The number of benzene rings is 4. The average Bonchev–Trinajstić information content (AvgIpc) is 3.01. The lowest BCUT2D eigenvalue weighted by molar-refractivity contribution is -0.137. The molecule has 0 aliphatic heterocycles. The third-order valence-corrected chi connectivity index (χ3v) is 7.40. The van der Waals surface area contributed by atoms with Crippen LogP contribution in [0.2, 0.25) is 0 Å². The summed E-state index contributed by atoms with van der Waals surface area (Å²) in [6.07, 6.45) is 2.90. The van der Waals surface area contributed by atoms with Crippen molar-refractivity contribution in [3.8, 4) is 0 Å². The fourth-order valence-corrected chi connectivity index (χ4v) is 5.02. The Balaban J connectivity index is 1.44. The zero-order valence-corrected chi connectivity index (χ0v) is 24.2. The number of hydrogen-bond acceptors (Lipinski definition) is 4. The molecule has 0 bridgehead atoms. The Morgan fingerprint density at radius 2 is 1.35 bits per heavy atom. The number of carbonyl (C=O) groups is 2. The molecule has 0 spiro atoms. The van der Waals surface area contributed by atoms with Crippen molar-refractivity contribution < 1.29 is 28.9 Å². The molecule has 0 heterocycles. The molecule has 224 valence electrons. The van der Waals surface area contributed by atoms with Gasteiger partial charge in [0.05, 0.1) is 18.3 Å². The van der Waals surface area contributed by atoms with Crippen LogP contribution in [0.1, 0.15) is 63.5 Å². The van der Waals surface area contributed by atoms with E-state index in [1.54, 1.807) is 6.07 Å². The Kier molecular flexibility index (Phi) is 12.0. The van der Waals surface area contributed by atoms with Crippen LogP contribution in [0, 0.1) is 5.82 Å². The highest BCUT2D eigenvalue weighted by Gasteiger charge is 2.19. The maximum Gasteiger partial charge on any atom is 0.338 e. The van der Waals surface area contributed by atoms with Gasteiger partial charge in [-0.15, -0.1) is 0 Å². The van der Waals surface area contributed by atoms with Crippen molar-refractivity contribution in [1.82, 2.24) is 4.90 Å². The van der Waals surface area contributed by atoms with Gasteiger partial charge in [-0.1, -0.05) is 91.0 Å². The average molecular weight is 584 g/mol. The lowest BCUT2D eigenvalue weighted by Crippen LogP contribution is -2.30. The van der Waals surface area contributed by atoms with Crippen LogP contribution in [0.5, 0.6) is 0 Å². The first-order valence-electron chi connectivity index (χ1n) is 14.6. The van der Waals surface area contributed by atoms with Crippen molar-refractivity contribution in [1.29, 1.82) is 0 Å². The van der Waals surface area contributed by atoms with Gasteiger partial charge in [-0.2, -0.15) is 0 Å². The maximum atomic E-state index is 14.5. The first kappa shape index (κ1) is 31.6.